The molecule has 1 aromatic rings. The zero-order valence-electron chi connectivity index (χ0n) is 14.1. The quantitative estimate of drug-likeness (QED) is 0.738. The number of carbonyl (C=O) groups excluding carboxylic acids is 1. The minimum Gasteiger partial charge on any atom is -0.466 e. The highest BCUT2D eigenvalue weighted by Crippen LogP contribution is 2.33. The van der Waals surface area contributed by atoms with E-state index in [0.29, 0.717) is 18.7 Å². The van der Waals surface area contributed by atoms with Crippen LogP contribution in [0, 0.1) is 5.92 Å². The molecule has 0 spiro atoms. The maximum absolute atomic E-state index is 12.3. The number of likely N-dealkylation sites (tertiary alicyclic amines) is 1. The maximum atomic E-state index is 12.3. The number of benzene rings is 1. The molecule has 0 N–H and O–H groups in total. The summed E-state index contributed by atoms with van der Waals surface area (Å²) in [4.78, 5) is 14.8. The average Bonchev–Trinajstić information content (AvgIpc) is 2.56. The summed E-state index contributed by atoms with van der Waals surface area (Å²) in [5.41, 5.74) is 1.33. The standard InChI is InChI=1S/C19H29NO2/c1-4-17(19(21)22-5-2)18-13-9-10-14-20(18)15(3)16-11-7-6-8-12-16/h6-8,11-12,15,17-18H,4-5,9-10,13-14H2,1-3H3/t15-,17+,18+/m0/s1. The highest BCUT2D eigenvalue weighted by atomic mass is 16.5. The van der Waals surface area contributed by atoms with Gasteiger partial charge in [-0.3, -0.25) is 9.69 Å². The first-order valence-electron chi connectivity index (χ1n) is 8.66. The number of hydrogen-bond donors (Lipinski definition) is 0. The molecule has 3 nitrogen and oxygen atoms in total. The Balaban J connectivity index is 2.18. The Hall–Kier alpha value is -1.35. The molecular weight excluding hydrogens is 274 g/mol. The summed E-state index contributed by atoms with van der Waals surface area (Å²) < 4.78 is 5.32. The first kappa shape index (κ1) is 17.0. The van der Waals surface area contributed by atoms with Crippen molar-refractivity contribution in [2.24, 2.45) is 5.92 Å². The van der Waals surface area contributed by atoms with Crippen molar-refractivity contribution in [1.29, 1.82) is 0 Å². The van der Waals surface area contributed by atoms with Crippen LogP contribution in [0.15, 0.2) is 30.3 Å². The largest absolute Gasteiger partial charge is 0.466 e. The van der Waals surface area contributed by atoms with Crippen molar-refractivity contribution in [2.45, 2.75) is 58.5 Å². The molecule has 3 atom stereocenters. The van der Waals surface area contributed by atoms with E-state index in [2.05, 4.69) is 49.1 Å². The summed E-state index contributed by atoms with van der Waals surface area (Å²) in [6.07, 6.45) is 4.36. The number of ether oxygens (including phenoxy) is 1. The van der Waals surface area contributed by atoms with Crippen LogP contribution in [0.2, 0.25) is 0 Å². The molecule has 22 heavy (non-hydrogen) atoms. The van der Waals surface area contributed by atoms with Crippen LogP contribution in [0.3, 0.4) is 0 Å². The Labute approximate surface area is 134 Å². The summed E-state index contributed by atoms with van der Waals surface area (Å²) in [5.74, 6) is -0.0337. The molecule has 1 aliphatic rings. The third-order valence-electron chi connectivity index (χ3n) is 4.87. The molecule has 0 aliphatic carbocycles. The first-order valence-corrected chi connectivity index (χ1v) is 8.66. The van der Waals surface area contributed by atoms with Gasteiger partial charge in [-0.2, -0.15) is 0 Å². The Morgan fingerprint density at radius 1 is 1.27 bits per heavy atom. The number of nitrogens with zero attached hydrogens (tertiary/aromatic N) is 1. The van der Waals surface area contributed by atoms with E-state index in [1.165, 1.54) is 18.4 Å². The minimum atomic E-state index is -0.0258. The fraction of sp³-hybridized carbons (Fsp3) is 0.632. The fourth-order valence-electron chi connectivity index (χ4n) is 3.66. The van der Waals surface area contributed by atoms with Crippen molar-refractivity contribution >= 4 is 5.97 Å². The van der Waals surface area contributed by atoms with E-state index in [0.717, 1.165) is 19.4 Å². The van der Waals surface area contributed by atoms with Crippen molar-refractivity contribution < 1.29 is 9.53 Å². The molecule has 1 fully saturated rings. The lowest BCUT2D eigenvalue weighted by atomic mass is 9.86. The summed E-state index contributed by atoms with van der Waals surface area (Å²) in [6.45, 7) is 7.77. The molecule has 2 rings (SSSR count). The monoisotopic (exact) mass is 303 g/mol. The molecule has 1 aromatic carbocycles. The topological polar surface area (TPSA) is 29.5 Å². The molecule has 122 valence electrons. The Morgan fingerprint density at radius 2 is 2.00 bits per heavy atom. The third kappa shape index (κ3) is 3.89. The van der Waals surface area contributed by atoms with Gasteiger partial charge >= 0.3 is 5.97 Å². The molecule has 1 aliphatic heterocycles. The molecule has 0 unspecified atom stereocenters. The van der Waals surface area contributed by atoms with E-state index < -0.39 is 0 Å². The van der Waals surface area contributed by atoms with Gasteiger partial charge in [0.2, 0.25) is 0 Å². The van der Waals surface area contributed by atoms with Crippen LogP contribution in [-0.4, -0.2) is 30.1 Å². The van der Waals surface area contributed by atoms with E-state index in [1.807, 2.05) is 6.92 Å². The second-order valence-electron chi connectivity index (χ2n) is 6.15. The third-order valence-corrected chi connectivity index (χ3v) is 4.87. The van der Waals surface area contributed by atoms with E-state index in [4.69, 9.17) is 4.74 Å². The lowest BCUT2D eigenvalue weighted by molar-refractivity contribution is -0.152. The zero-order valence-corrected chi connectivity index (χ0v) is 14.1. The van der Waals surface area contributed by atoms with Crippen molar-refractivity contribution in [3.8, 4) is 0 Å². The van der Waals surface area contributed by atoms with Crippen LogP contribution in [0.5, 0.6) is 0 Å². The number of carbonyl (C=O) groups is 1. The highest BCUT2D eigenvalue weighted by Gasteiger charge is 2.36. The minimum absolute atomic E-state index is 0.00795. The predicted octanol–water partition coefficient (Wildman–Crippen LogP) is 4.19. The van der Waals surface area contributed by atoms with Gasteiger partial charge in [-0.1, -0.05) is 43.7 Å². The normalized spacial score (nSPS) is 22.0. The van der Waals surface area contributed by atoms with E-state index >= 15 is 0 Å². The molecule has 3 heteroatoms. The van der Waals surface area contributed by atoms with Gasteiger partial charge < -0.3 is 4.74 Å². The van der Waals surface area contributed by atoms with Gasteiger partial charge in [-0.05, 0) is 45.2 Å². The number of piperidine rings is 1. The van der Waals surface area contributed by atoms with Gasteiger partial charge in [0.1, 0.15) is 0 Å². The zero-order chi connectivity index (χ0) is 15.9. The van der Waals surface area contributed by atoms with Crippen LogP contribution in [0.1, 0.15) is 58.1 Å². The SMILES string of the molecule is CCOC(=O)[C@H](CC)[C@H]1CCCCN1[C@@H](C)c1ccccc1. The van der Waals surface area contributed by atoms with Crippen molar-refractivity contribution in [2.75, 3.05) is 13.2 Å². The van der Waals surface area contributed by atoms with E-state index in [-0.39, 0.29) is 11.9 Å². The van der Waals surface area contributed by atoms with Crippen LogP contribution in [0.4, 0.5) is 0 Å². The lowest BCUT2D eigenvalue weighted by Gasteiger charge is -2.43. The summed E-state index contributed by atoms with van der Waals surface area (Å²) >= 11 is 0. The molecule has 0 radical (unpaired) electrons. The van der Waals surface area contributed by atoms with Crippen LogP contribution in [-0.2, 0) is 9.53 Å². The smallest absolute Gasteiger partial charge is 0.310 e. The van der Waals surface area contributed by atoms with E-state index in [9.17, 15) is 4.79 Å². The summed E-state index contributed by atoms with van der Waals surface area (Å²) in [6, 6.07) is 11.2. The Kier molecular flexibility index (Phi) is 6.44. The average molecular weight is 303 g/mol. The second kappa shape index (κ2) is 8.33. The Bertz CT molecular complexity index is 460. The lowest BCUT2D eigenvalue weighted by Crippen LogP contribution is -2.47. The van der Waals surface area contributed by atoms with Gasteiger partial charge in [0.15, 0.2) is 0 Å². The van der Waals surface area contributed by atoms with Crippen LogP contribution < -0.4 is 0 Å². The molecule has 0 aromatic heterocycles. The second-order valence-corrected chi connectivity index (χ2v) is 6.15. The number of esters is 1. The molecular formula is C19H29NO2. The van der Waals surface area contributed by atoms with Gasteiger partial charge in [0.05, 0.1) is 12.5 Å². The van der Waals surface area contributed by atoms with Gasteiger partial charge in [-0.15, -0.1) is 0 Å². The van der Waals surface area contributed by atoms with E-state index in [1.54, 1.807) is 0 Å². The summed E-state index contributed by atoms with van der Waals surface area (Å²) in [5, 5.41) is 0. The van der Waals surface area contributed by atoms with Gasteiger partial charge in [-0.25, -0.2) is 0 Å². The van der Waals surface area contributed by atoms with Gasteiger partial charge in [0.25, 0.3) is 0 Å². The fourth-order valence-corrected chi connectivity index (χ4v) is 3.66. The Morgan fingerprint density at radius 3 is 2.64 bits per heavy atom. The summed E-state index contributed by atoms with van der Waals surface area (Å²) in [7, 11) is 0. The number of rotatable bonds is 6. The molecule has 0 bridgehead atoms. The molecule has 0 amide bonds. The van der Waals surface area contributed by atoms with Crippen LogP contribution >= 0.6 is 0 Å². The highest BCUT2D eigenvalue weighted by molar-refractivity contribution is 5.73. The van der Waals surface area contributed by atoms with Crippen LogP contribution in [0.25, 0.3) is 0 Å². The van der Waals surface area contributed by atoms with Gasteiger partial charge in [0, 0.05) is 12.1 Å². The molecule has 0 saturated carbocycles. The maximum Gasteiger partial charge on any atom is 0.310 e. The van der Waals surface area contributed by atoms with Crippen molar-refractivity contribution in [3.05, 3.63) is 35.9 Å². The molecule has 1 saturated heterocycles. The molecule has 1 heterocycles. The predicted molar refractivity (Wildman–Crippen MR) is 89.6 cm³/mol. The first-order chi connectivity index (χ1) is 10.7. The van der Waals surface area contributed by atoms with Crippen molar-refractivity contribution in [3.63, 3.8) is 0 Å². The number of hydrogen-bond acceptors (Lipinski definition) is 3. The van der Waals surface area contributed by atoms with Crippen molar-refractivity contribution in [1.82, 2.24) is 4.90 Å².